The summed E-state index contributed by atoms with van der Waals surface area (Å²) in [6.07, 6.45) is 3.01. The predicted octanol–water partition coefficient (Wildman–Crippen LogP) is 4.15. The minimum atomic E-state index is -4.05. The molecule has 12 nitrogen and oxygen atoms in total. The average Bonchev–Trinajstić information content (AvgIpc) is 3.43. The number of nitrogens with two attached hydrogens (primary N) is 1. The summed E-state index contributed by atoms with van der Waals surface area (Å²) in [7, 11) is -8.02. The minimum Gasteiger partial charge on any atom is -0.334 e. The topological polar surface area (TPSA) is 187 Å². The number of benzene rings is 3. The van der Waals surface area contributed by atoms with E-state index in [0.717, 1.165) is 24.3 Å². The van der Waals surface area contributed by atoms with Crippen LogP contribution in [-0.4, -0.2) is 37.9 Å². The molecule has 3 aromatic carbocycles. The Morgan fingerprint density at radius 1 is 0.878 bits per heavy atom. The van der Waals surface area contributed by atoms with Gasteiger partial charge < -0.3 is 9.84 Å². The van der Waals surface area contributed by atoms with Crippen molar-refractivity contribution in [2.75, 3.05) is 10.0 Å². The maximum absolute atomic E-state index is 12.8. The third kappa shape index (κ3) is 6.41. The molecule has 0 aliphatic heterocycles. The number of hydrogen-bond donors (Lipinski definition) is 3. The molecule has 0 atom stereocenters. The molecule has 4 N–H and O–H groups in total. The van der Waals surface area contributed by atoms with E-state index < -0.39 is 20.0 Å². The number of anilines is 2. The number of aromatic nitrogens is 3. The van der Waals surface area contributed by atoms with Gasteiger partial charge in [0, 0.05) is 34.9 Å². The Bertz CT molecular complexity index is 1970. The molecule has 0 spiro atoms. The highest BCUT2D eigenvalue weighted by Crippen LogP contribution is 2.31. The number of sulfonamides is 2. The SMILES string of the molecule is NS(=O)(=O)c1ccc(S(=O)(=O)Nc2cccc(-c3nc(-c4ccc(NC(=O)c5cccnc5)cc4Cl)no3)c2)cc1. The number of amides is 1. The van der Waals surface area contributed by atoms with E-state index in [-0.39, 0.29) is 38.1 Å². The highest BCUT2D eigenvalue weighted by molar-refractivity contribution is 7.92. The van der Waals surface area contributed by atoms with Crippen LogP contribution in [0.15, 0.2) is 106 Å². The van der Waals surface area contributed by atoms with Crippen molar-refractivity contribution in [1.82, 2.24) is 15.1 Å². The summed E-state index contributed by atoms with van der Waals surface area (Å²) in [4.78, 5) is 20.3. The van der Waals surface area contributed by atoms with E-state index >= 15 is 0 Å². The van der Waals surface area contributed by atoms with E-state index in [1.807, 2.05) is 0 Å². The van der Waals surface area contributed by atoms with E-state index in [1.165, 1.54) is 18.3 Å². The quantitative estimate of drug-likeness (QED) is 0.232. The molecular formula is C26H19ClN6O6S2. The fourth-order valence-corrected chi connectivity index (χ4v) is 5.49. The summed E-state index contributed by atoms with van der Waals surface area (Å²) in [6, 6.07) is 18.8. The van der Waals surface area contributed by atoms with Crippen LogP contribution in [0.4, 0.5) is 11.4 Å². The van der Waals surface area contributed by atoms with E-state index in [1.54, 1.807) is 48.7 Å². The van der Waals surface area contributed by atoms with Crippen molar-refractivity contribution in [1.29, 1.82) is 0 Å². The second-order valence-corrected chi connectivity index (χ2v) is 12.2. The molecule has 5 aromatic rings. The molecule has 5 rings (SSSR count). The molecule has 0 bridgehead atoms. The number of carbonyl (C=O) groups excluding carboxylic acids is 1. The molecular weight excluding hydrogens is 592 g/mol. The van der Waals surface area contributed by atoms with Crippen molar-refractivity contribution in [3.8, 4) is 22.8 Å². The fraction of sp³-hybridized carbons (Fsp3) is 0. The monoisotopic (exact) mass is 610 g/mol. The molecule has 208 valence electrons. The van der Waals surface area contributed by atoms with Crippen LogP contribution in [0.25, 0.3) is 22.8 Å². The van der Waals surface area contributed by atoms with Crippen molar-refractivity contribution in [2.45, 2.75) is 9.79 Å². The van der Waals surface area contributed by atoms with E-state index in [0.29, 0.717) is 22.4 Å². The van der Waals surface area contributed by atoms with Crippen molar-refractivity contribution >= 4 is 48.9 Å². The molecule has 1 amide bonds. The number of halogens is 1. The van der Waals surface area contributed by atoms with Crippen molar-refractivity contribution in [3.05, 3.63) is 102 Å². The predicted molar refractivity (Wildman–Crippen MR) is 151 cm³/mol. The van der Waals surface area contributed by atoms with Gasteiger partial charge in [-0.3, -0.25) is 14.5 Å². The van der Waals surface area contributed by atoms with Crippen molar-refractivity contribution < 1.29 is 26.2 Å². The van der Waals surface area contributed by atoms with Crippen LogP contribution in [0.3, 0.4) is 0 Å². The standard InChI is InChI=1S/C26H19ClN6O6S2/c27-23-14-18(30-25(34)17-4-2-12-29-15-17)6-11-22(23)24-31-26(39-32-24)16-3-1-5-19(13-16)33-41(37,38)21-9-7-20(8-10-21)40(28,35)36/h1-15,33H,(H,30,34)(H2,28,35,36). The van der Waals surface area contributed by atoms with Gasteiger partial charge in [0.15, 0.2) is 0 Å². The lowest BCUT2D eigenvalue weighted by molar-refractivity contribution is 0.102. The lowest BCUT2D eigenvalue weighted by Gasteiger charge is -2.09. The third-order valence-corrected chi connectivity index (χ3v) is 8.28. The molecule has 0 unspecified atom stereocenters. The number of nitrogens with one attached hydrogen (secondary N) is 2. The van der Waals surface area contributed by atoms with Crippen LogP contribution in [0, 0.1) is 0 Å². The van der Waals surface area contributed by atoms with Crippen LogP contribution in [0.1, 0.15) is 10.4 Å². The van der Waals surface area contributed by atoms with Crippen molar-refractivity contribution in [3.63, 3.8) is 0 Å². The molecule has 0 saturated heterocycles. The highest BCUT2D eigenvalue weighted by Gasteiger charge is 2.18. The smallest absolute Gasteiger partial charge is 0.261 e. The summed E-state index contributed by atoms with van der Waals surface area (Å²) in [5.74, 6) is -0.0700. The summed E-state index contributed by atoms with van der Waals surface area (Å²) < 4.78 is 56.3. The number of primary sulfonamides is 1. The Morgan fingerprint density at radius 3 is 2.32 bits per heavy atom. The first-order chi connectivity index (χ1) is 19.5. The summed E-state index contributed by atoms with van der Waals surface area (Å²) in [5, 5.41) is 12.0. The lowest BCUT2D eigenvalue weighted by Crippen LogP contribution is -2.15. The normalized spacial score (nSPS) is 11.7. The first-order valence-corrected chi connectivity index (χ1v) is 15.0. The van der Waals surface area contributed by atoms with Gasteiger partial charge in [-0.25, -0.2) is 22.0 Å². The first kappa shape index (κ1) is 27.9. The molecule has 2 aromatic heterocycles. The maximum atomic E-state index is 12.8. The number of nitrogens with zero attached hydrogens (tertiary/aromatic N) is 3. The Hall–Kier alpha value is -4.63. The van der Waals surface area contributed by atoms with Gasteiger partial charge in [-0.05, 0) is 72.8 Å². The van der Waals surface area contributed by atoms with Crippen LogP contribution in [-0.2, 0) is 20.0 Å². The Morgan fingerprint density at radius 2 is 1.63 bits per heavy atom. The third-order valence-electron chi connectivity index (χ3n) is 5.64. The van der Waals surface area contributed by atoms with Gasteiger partial charge in [0.25, 0.3) is 21.8 Å². The molecule has 2 heterocycles. The van der Waals surface area contributed by atoms with Gasteiger partial charge in [0.2, 0.25) is 15.8 Å². The molecule has 0 radical (unpaired) electrons. The zero-order valence-electron chi connectivity index (χ0n) is 20.7. The number of rotatable bonds is 8. The van der Waals surface area contributed by atoms with Gasteiger partial charge in [0.1, 0.15) is 0 Å². The number of pyridine rings is 1. The van der Waals surface area contributed by atoms with Gasteiger partial charge in [-0.2, -0.15) is 4.98 Å². The van der Waals surface area contributed by atoms with Gasteiger partial charge in [0.05, 0.1) is 20.4 Å². The maximum Gasteiger partial charge on any atom is 0.261 e. The molecule has 0 fully saturated rings. The van der Waals surface area contributed by atoms with Crippen molar-refractivity contribution in [2.24, 2.45) is 5.14 Å². The van der Waals surface area contributed by atoms with Crippen LogP contribution in [0.5, 0.6) is 0 Å². The van der Waals surface area contributed by atoms with E-state index in [9.17, 15) is 21.6 Å². The molecule has 0 aliphatic carbocycles. The largest absolute Gasteiger partial charge is 0.334 e. The number of carbonyl (C=O) groups is 1. The zero-order chi connectivity index (χ0) is 29.2. The first-order valence-electron chi connectivity index (χ1n) is 11.6. The molecule has 41 heavy (non-hydrogen) atoms. The highest BCUT2D eigenvalue weighted by atomic mass is 35.5. The molecule has 0 aliphatic rings. The second kappa shape index (κ2) is 11.1. The minimum absolute atomic E-state index is 0.101. The second-order valence-electron chi connectivity index (χ2n) is 8.52. The zero-order valence-corrected chi connectivity index (χ0v) is 23.1. The van der Waals surface area contributed by atoms with Gasteiger partial charge in [-0.1, -0.05) is 22.8 Å². The molecule has 0 saturated carbocycles. The summed E-state index contributed by atoms with van der Waals surface area (Å²) in [6.45, 7) is 0. The summed E-state index contributed by atoms with van der Waals surface area (Å²) >= 11 is 6.44. The molecule has 15 heteroatoms. The Balaban J connectivity index is 1.32. The van der Waals surface area contributed by atoms with Gasteiger partial charge in [-0.15, -0.1) is 0 Å². The number of hydrogen-bond acceptors (Lipinski definition) is 9. The average molecular weight is 611 g/mol. The fourth-order valence-electron chi connectivity index (χ4n) is 3.66. The Kier molecular flexibility index (Phi) is 7.55. The van der Waals surface area contributed by atoms with E-state index in [2.05, 4.69) is 25.2 Å². The summed E-state index contributed by atoms with van der Waals surface area (Å²) in [5.41, 5.74) is 1.91. The van der Waals surface area contributed by atoms with Crippen LogP contribution >= 0.6 is 11.6 Å². The lowest BCUT2D eigenvalue weighted by atomic mass is 10.1. The van der Waals surface area contributed by atoms with Gasteiger partial charge >= 0.3 is 0 Å². The van der Waals surface area contributed by atoms with Crippen LogP contribution in [0.2, 0.25) is 5.02 Å². The van der Waals surface area contributed by atoms with Crippen LogP contribution < -0.4 is 15.2 Å². The van der Waals surface area contributed by atoms with E-state index in [4.69, 9.17) is 21.3 Å². The Labute approximate surface area is 239 Å².